The Morgan fingerprint density at radius 2 is 2.08 bits per heavy atom. The van der Waals surface area contributed by atoms with Gasteiger partial charge in [0, 0.05) is 24.5 Å². The van der Waals surface area contributed by atoms with Gasteiger partial charge >= 0.3 is 5.97 Å². The lowest BCUT2D eigenvalue weighted by molar-refractivity contribution is -0.214. The van der Waals surface area contributed by atoms with E-state index in [1.54, 1.807) is 6.08 Å². The van der Waals surface area contributed by atoms with Crippen molar-refractivity contribution in [1.29, 1.82) is 0 Å². The van der Waals surface area contributed by atoms with Crippen LogP contribution in [0.1, 0.15) is 38.7 Å². The highest BCUT2D eigenvalue weighted by Gasteiger charge is 2.68. The summed E-state index contributed by atoms with van der Waals surface area (Å²) in [6.07, 6.45) is 5.96. The van der Waals surface area contributed by atoms with Crippen molar-refractivity contribution in [3.63, 3.8) is 0 Å². The zero-order valence-corrected chi connectivity index (χ0v) is 16.6. The number of fused-ring (bicyclic) bond motifs is 4. The first-order chi connectivity index (χ1) is 12.3. The molecule has 0 amide bonds. The maximum atomic E-state index is 12.6. The van der Waals surface area contributed by atoms with Crippen molar-refractivity contribution in [3.05, 3.63) is 42.0 Å². The third-order valence-corrected chi connectivity index (χ3v) is 7.44. The van der Waals surface area contributed by atoms with Gasteiger partial charge in [-0.2, -0.15) is 0 Å². The minimum absolute atomic E-state index is 0.0265. The van der Waals surface area contributed by atoms with Crippen LogP contribution in [0.4, 0.5) is 0 Å². The Kier molecular flexibility index (Phi) is 4.50. The number of carbonyl (C=O) groups excluding carboxylic acids is 1. The van der Waals surface area contributed by atoms with Gasteiger partial charge in [0.05, 0.1) is 5.60 Å². The number of hydrogen-bond donors (Lipinski definition) is 1. The third kappa shape index (κ3) is 2.83. The van der Waals surface area contributed by atoms with Crippen LogP contribution in [0.3, 0.4) is 0 Å². The predicted molar refractivity (Wildman–Crippen MR) is 105 cm³/mol. The highest BCUT2D eigenvalue weighted by Crippen LogP contribution is 2.62. The molecular formula is C21H28NO3P. The van der Waals surface area contributed by atoms with Crippen molar-refractivity contribution in [2.45, 2.75) is 56.2 Å². The van der Waals surface area contributed by atoms with Gasteiger partial charge in [0.15, 0.2) is 0 Å². The molecule has 2 saturated heterocycles. The highest BCUT2D eigenvalue weighted by molar-refractivity contribution is 7.18. The second-order valence-electron chi connectivity index (χ2n) is 8.39. The second-order valence-corrected chi connectivity index (χ2v) is 9.37. The van der Waals surface area contributed by atoms with Crippen LogP contribution in [0.25, 0.3) is 6.08 Å². The third-order valence-electron chi connectivity index (χ3n) is 6.76. The molecule has 3 fully saturated rings. The van der Waals surface area contributed by atoms with E-state index in [-0.39, 0.29) is 23.7 Å². The van der Waals surface area contributed by atoms with E-state index in [0.717, 1.165) is 18.4 Å². The van der Waals surface area contributed by atoms with Crippen LogP contribution in [0, 0.1) is 17.8 Å². The normalized spacial score (nSPS) is 44.2. The molecule has 2 aliphatic heterocycles. The van der Waals surface area contributed by atoms with E-state index in [9.17, 15) is 4.79 Å². The van der Waals surface area contributed by atoms with Crippen LogP contribution in [0.2, 0.25) is 0 Å². The molecule has 2 heterocycles. The van der Waals surface area contributed by atoms with Crippen molar-refractivity contribution >= 4 is 21.3 Å². The van der Waals surface area contributed by atoms with Crippen molar-refractivity contribution in [3.8, 4) is 0 Å². The first kappa shape index (κ1) is 18.2. The molecule has 5 heteroatoms. The zero-order chi connectivity index (χ0) is 18.5. The quantitative estimate of drug-likeness (QED) is 0.501. The fourth-order valence-corrected chi connectivity index (χ4v) is 6.20. The molecule has 0 aromatic heterocycles. The van der Waals surface area contributed by atoms with E-state index in [1.165, 1.54) is 6.08 Å². The summed E-state index contributed by atoms with van der Waals surface area (Å²) in [4.78, 5) is 12.6. The number of hydrogen-bond acceptors (Lipinski definition) is 4. The first-order valence-electron chi connectivity index (χ1n) is 9.52. The molecule has 0 spiro atoms. The molecule has 1 aromatic carbocycles. The summed E-state index contributed by atoms with van der Waals surface area (Å²) in [5.74, 6) is 0.837. The van der Waals surface area contributed by atoms with Gasteiger partial charge < -0.3 is 15.2 Å². The Labute approximate surface area is 157 Å². The van der Waals surface area contributed by atoms with Crippen LogP contribution in [0.5, 0.6) is 0 Å². The molecule has 26 heavy (non-hydrogen) atoms. The molecule has 1 aliphatic carbocycles. The summed E-state index contributed by atoms with van der Waals surface area (Å²) >= 11 is 0. The lowest BCUT2D eigenvalue weighted by Gasteiger charge is -2.50. The van der Waals surface area contributed by atoms with Gasteiger partial charge in [0.25, 0.3) is 0 Å². The molecule has 3 aliphatic rings. The lowest BCUT2D eigenvalue weighted by Crippen LogP contribution is -2.58. The minimum atomic E-state index is -0.579. The molecule has 4 nitrogen and oxygen atoms in total. The summed E-state index contributed by atoms with van der Waals surface area (Å²) in [5.41, 5.74) is 7.14. The molecule has 4 rings (SSSR count). The molecule has 1 saturated carbocycles. The second kappa shape index (κ2) is 6.44. The first-order valence-corrected chi connectivity index (χ1v) is 10.1. The lowest BCUT2D eigenvalue weighted by atomic mass is 9.74. The van der Waals surface area contributed by atoms with Crippen LogP contribution in [-0.4, -0.2) is 29.1 Å². The van der Waals surface area contributed by atoms with Crippen molar-refractivity contribution in [2.24, 2.45) is 23.5 Å². The van der Waals surface area contributed by atoms with Gasteiger partial charge in [-0.05, 0) is 43.2 Å². The van der Waals surface area contributed by atoms with Crippen LogP contribution in [-0.2, 0) is 14.3 Å². The van der Waals surface area contributed by atoms with Crippen LogP contribution >= 0.6 is 9.24 Å². The summed E-state index contributed by atoms with van der Waals surface area (Å²) in [7, 11) is 2.82. The Morgan fingerprint density at radius 1 is 1.35 bits per heavy atom. The number of carbonyl (C=O) groups is 1. The molecule has 2 bridgehead atoms. The summed E-state index contributed by atoms with van der Waals surface area (Å²) < 4.78 is 12.5. The summed E-state index contributed by atoms with van der Waals surface area (Å²) in [6.45, 7) is 4.41. The number of esters is 1. The SMILES string of the molecule is CC1CCC2C1C(OC(=O)/C=C/c1ccccc1)C1(P)CC(N)C2(C)O1. The van der Waals surface area contributed by atoms with Gasteiger partial charge in [0.2, 0.25) is 0 Å². The Hall–Kier alpha value is -1.22. The van der Waals surface area contributed by atoms with E-state index in [1.807, 2.05) is 30.3 Å². The molecular weight excluding hydrogens is 345 g/mol. The van der Waals surface area contributed by atoms with Crippen molar-refractivity contribution < 1.29 is 14.3 Å². The van der Waals surface area contributed by atoms with E-state index in [4.69, 9.17) is 15.2 Å². The summed E-state index contributed by atoms with van der Waals surface area (Å²) in [5, 5.41) is -0.579. The van der Waals surface area contributed by atoms with Crippen LogP contribution < -0.4 is 5.73 Å². The van der Waals surface area contributed by atoms with Gasteiger partial charge in [-0.15, -0.1) is 0 Å². The van der Waals surface area contributed by atoms with Gasteiger partial charge in [-0.3, -0.25) is 0 Å². The fourth-order valence-electron chi connectivity index (χ4n) is 5.40. The summed E-state index contributed by atoms with van der Waals surface area (Å²) in [6, 6.07) is 9.74. The maximum absolute atomic E-state index is 12.6. The number of benzene rings is 1. The average molecular weight is 373 g/mol. The van der Waals surface area contributed by atoms with Gasteiger partial charge in [-0.25, -0.2) is 4.79 Å². The number of ether oxygens (including phenoxy) is 2. The minimum Gasteiger partial charge on any atom is -0.455 e. The Morgan fingerprint density at radius 3 is 2.81 bits per heavy atom. The topological polar surface area (TPSA) is 61.5 Å². The fraction of sp³-hybridized carbons (Fsp3) is 0.571. The largest absolute Gasteiger partial charge is 0.455 e. The van der Waals surface area contributed by atoms with E-state index in [0.29, 0.717) is 24.2 Å². The molecule has 8 unspecified atom stereocenters. The van der Waals surface area contributed by atoms with Gasteiger partial charge in [0.1, 0.15) is 11.4 Å². The highest BCUT2D eigenvalue weighted by atomic mass is 31.0. The smallest absolute Gasteiger partial charge is 0.331 e. The molecule has 1 aromatic rings. The van der Waals surface area contributed by atoms with Crippen molar-refractivity contribution in [2.75, 3.05) is 0 Å². The molecule has 140 valence electrons. The van der Waals surface area contributed by atoms with Gasteiger partial charge in [-0.1, -0.05) is 46.5 Å². The Balaban J connectivity index is 1.57. The predicted octanol–water partition coefficient (Wildman–Crippen LogP) is 3.37. The zero-order valence-electron chi connectivity index (χ0n) is 15.4. The van der Waals surface area contributed by atoms with E-state index >= 15 is 0 Å². The number of rotatable bonds is 3. The van der Waals surface area contributed by atoms with Crippen LogP contribution in [0.15, 0.2) is 36.4 Å². The van der Waals surface area contributed by atoms with E-state index < -0.39 is 5.34 Å². The van der Waals surface area contributed by atoms with E-state index in [2.05, 4.69) is 23.1 Å². The Bertz CT molecular complexity index is 723. The molecule has 8 atom stereocenters. The molecule has 2 N–H and O–H groups in total. The monoisotopic (exact) mass is 373 g/mol. The van der Waals surface area contributed by atoms with Crippen molar-refractivity contribution in [1.82, 2.24) is 0 Å². The average Bonchev–Trinajstić information content (AvgIpc) is 3.08. The maximum Gasteiger partial charge on any atom is 0.331 e. The molecule has 0 radical (unpaired) electrons. The number of nitrogens with two attached hydrogens (primary N) is 1. The standard InChI is InChI=1S/C21H28NO3P/c1-13-8-10-15-18(13)19(21(26)12-16(22)20(15,2)25-21)24-17(23)11-9-14-6-4-3-5-7-14/h3-7,9,11,13,15-16,18-19H,8,10,12,22,26H2,1-2H3/b11-9+.